The van der Waals surface area contributed by atoms with Gasteiger partial charge in [0.2, 0.25) is 0 Å². The van der Waals surface area contributed by atoms with Gasteiger partial charge in [-0.1, -0.05) is 41.5 Å². The van der Waals surface area contributed by atoms with E-state index in [9.17, 15) is 0 Å². The van der Waals surface area contributed by atoms with Crippen molar-refractivity contribution >= 4 is 40.4 Å². The van der Waals surface area contributed by atoms with E-state index in [1.54, 1.807) is 32.4 Å². The summed E-state index contributed by atoms with van der Waals surface area (Å²) in [5.41, 5.74) is 1.55. The second-order valence-electron chi connectivity index (χ2n) is 4.46. The predicted molar refractivity (Wildman–Crippen MR) is 94.5 cm³/mol. The van der Waals surface area contributed by atoms with Crippen LogP contribution in [0.4, 0.5) is 0 Å². The Morgan fingerprint density at radius 3 is 2.36 bits per heavy atom. The van der Waals surface area contributed by atoms with E-state index < -0.39 is 0 Å². The van der Waals surface area contributed by atoms with Gasteiger partial charge >= 0.3 is 0 Å². The zero-order valence-corrected chi connectivity index (χ0v) is 14.5. The summed E-state index contributed by atoms with van der Waals surface area (Å²) >= 11 is 17.7. The molecule has 0 aromatic heterocycles. The number of thiocarbonyl (C=S) groups is 1. The van der Waals surface area contributed by atoms with Gasteiger partial charge in [0, 0.05) is 17.7 Å². The molecule has 6 heteroatoms. The maximum Gasteiger partial charge on any atom is 0.124 e. The maximum absolute atomic E-state index is 6.16. The lowest BCUT2D eigenvalue weighted by atomic mass is 10.1. The van der Waals surface area contributed by atoms with Crippen molar-refractivity contribution in [3.05, 3.63) is 57.6 Å². The molecule has 0 aliphatic carbocycles. The molecule has 0 unspecified atom stereocenters. The minimum atomic E-state index is 0.473. The minimum absolute atomic E-state index is 0.473. The van der Waals surface area contributed by atoms with Crippen LogP contribution in [0.25, 0.3) is 0 Å². The van der Waals surface area contributed by atoms with Crippen LogP contribution in [-0.4, -0.2) is 19.2 Å². The second-order valence-corrected chi connectivity index (χ2v) is 5.68. The number of nitrogens with one attached hydrogen (secondary N) is 1. The van der Waals surface area contributed by atoms with Gasteiger partial charge in [-0.25, -0.2) is 0 Å². The number of hydrogen-bond acceptors (Lipinski definition) is 3. The molecule has 0 atom stereocenters. The quantitative estimate of drug-likeness (QED) is 0.801. The second kappa shape index (κ2) is 7.68. The van der Waals surface area contributed by atoms with Gasteiger partial charge in [0.1, 0.15) is 16.5 Å². The van der Waals surface area contributed by atoms with Crippen molar-refractivity contribution in [3.8, 4) is 11.5 Å². The molecule has 0 saturated carbocycles. The van der Waals surface area contributed by atoms with Crippen LogP contribution in [0.2, 0.25) is 10.0 Å². The first kappa shape index (κ1) is 16.9. The summed E-state index contributed by atoms with van der Waals surface area (Å²) in [5, 5.41) is 4.18. The first-order chi connectivity index (χ1) is 10.6. The van der Waals surface area contributed by atoms with Crippen molar-refractivity contribution in [1.29, 1.82) is 0 Å². The van der Waals surface area contributed by atoms with Gasteiger partial charge in [0.05, 0.1) is 24.3 Å². The lowest BCUT2D eigenvalue weighted by Crippen LogP contribution is -2.22. The largest absolute Gasteiger partial charge is 0.497 e. The van der Waals surface area contributed by atoms with Gasteiger partial charge in [-0.05, 0) is 30.3 Å². The number of methoxy groups -OCH3 is 2. The Morgan fingerprint density at radius 1 is 1.09 bits per heavy atom. The Bertz CT molecular complexity index is 672. The van der Waals surface area contributed by atoms with Crippen molar-refractivity contribution in [1.82, 2.24) is 5.32 Å². The fraction of sp³-hybridized carbons (Fsp3) is 0.188. The molecule has 1 N–H and O–H groups in total. The number of rotatable bonds is 5. The van der Waals surface area contributed by atoms with Gasteiger partial charge in [-0.2, -0.15) is 0 Å². The van der Waals surface area contributed by atoms with Crippen LogP contribution >= 0.6 is 35.4 Å². The van der Waals surface area contributed by atoms with E-state index in [4.69, 9.17) is 44.9 Å². The lowest BCUT2D eigenvalue weighted by Gasteiger charge is -2.14. The van der Waals surface area contributed by atoms with Gasteiger partial charge in [0.15, 0.2) is 0 Å². The van der Waals surface area contributed by atoms with Crippen molar-refractivity contribution in [2.75, 3.05) is 14.2 Å². The Kier molecular flexibility index (Phi) is 5.89. The van der Waals surface area contributed by atoms with Crippen LogP contribution in [0.1, 0.15) is 11.1 Å². The smallest absolute Gasteiger partial charge is 0.124 e. The van der Waals surface area contributed by atoms with Crippen LogP contribution in [0.5, 0.6) is 11.5 Å². The molecule has 0 fully saturated rings. The molecule has 0 amide bonds. The Morgan fingerprint density at radius 2 is 1.77 bits per heavy atom. The molecule has 0 heterocycles. The summed E-state index contributed by atoms with van der Waals surface area (Å²) in [4.78, 5) is 0.487. The van der Waals surface area contributed by atoms with Crippen LogP contribution < -0.4 is 14.8 Å². The van der Waals surface area contributed by atoms with E-state index in [2.05, 4.69) is 5.32 Å². The number of ether oxygens (including phenoxy) is 2. The van der Waals surface area contributed by atoms with E-state index >= 15 is 0 Å². The zero-order chi connectivity index (χ0) is 16.1. The average Bonchev–Trinajstić information content (AvgIpc) is 2.52. The molecule has 0 radical (unpaired) electrons. The van der Waals surface area contributed by atoms with Crippen molar-refractivity contribution in [2.45, 2.75) is 6.54 Å². The van der Waals surface area contributed by atoms with Crippen LogP contribution in [0.15, 0.2) is 36.4 Å². The molecule has 116 valence electrons. The van der Waals surface area contributed by atoms with Crippen molar-refractivity contribution in [2.24, 2.45) is 0 Å². The minimum Gasteiger partial charge on any atom is -0.497 e. The van der Waals surface area contributed by atoms with E-state index in [1.165, 1.54) is 0 Å². The summed E-state index contributed by atoms with van der Waals surface area (Å²) in [6.45, 7) is 0.473. The Labute approximate surface area is 145 Å². The standard InChI is InChI=1S/C16H15Cl2NO2S/c1-20-11-6-7-14(21-2)10(8-11)9-19-16(22)15-12(17)4-3-5-13(15)18/h3-8H,9H2,1-2H3,(H,19,22). The molecule has 2 aromatic carbocycles. The molecule has 0 spiro atoms. The van der Waals surface area contributed by atoms with E-state index in [-0.39, 0.29) is 0 Å². The van der Waals surface area contributed by atoms with Gasteiger partial charge in [-0.15, -0.1) is 0 Å². The Balaban J connectivity index is 2.18. The highest BCUT2D eigenvalue weighted by atomic mass is 35.5. The first-order valence-electron chi connectivity index (χ1n) is 6.50. The van der Waals surface area contributed by atoms with Crippen LogP contribution in [0.3, 0.4) is 0 Å². The number of halogens is 2. The highest BCUT2D eigenvalue weighted by molar-refractivity contribution is 7.80. The normalized spacial score (nSPS) is 10.2. The lowest BCUT2D eigenvalue weighted by molar-refractivity contribution is 0.398. The van der Waals surface area contributed by atoms with Crippen LogP contribution in [0, 0.1) is 0 Å². The molecule has 0 aliphatic heterocycles. The summed E-state index contributed by atoms with van der Waals surface area (Å²) in [7, 11) is 3.24. The predicted octanol–water partition coefficient (Wildman–Crippen LogP) is 4.48. The molecule has 22 heavy (non-hydrogen) atoms. The van der Waals surface area contributed by atoms with Gasteiger partial charge in [-0.3, -0.25) is 0 Å². The first-order valence-corrected chi connectivity index (χ1v) is 7.66. The fourth-order valence-electron chi connectivity index (χ4n) is 2.00. The van der Waals surface area contributed by atoms with E-state index in [0.29, 0.717) is 27.1 Å². The Hall–Kier alpha value is -1.49. The number of benzene rings is 2. The molecule has 2 rings (SSSR count). The highest BCUT2D eigenvalue weighted by Gasteiger charge is 2.12. The molecular weight excluding hydrogens is 341 g/mol. The molecule has 3 nitrogen and oxygen atoms in total. The third kappa shape index (κ3) is 3.83. The molecular formula is C16H15Cl2NO2S. The third-order valence-electron chi connectivity index (χ3n) is 3.12. The SMILES string of the molecule is COc1ccc(OC)c(CNC(=S)c2c(Cl)cccc2Cl)c1. The molecule has 0 saturated heterocycles. The average molecular weight is 356 g/mol. The highest BCUT2D eigenvalue weighted by Crippen LogP contribution is 2.26. The molecule has 0 aliphatic rings. The van der Waals surface area contributed by atoms with Crippen LogP contribution in [-0.2, 0) is 6.54 Å². The molecule has 0 bridgehead atoms. The summed E-state index contributed by atoms with van der Waals surface area (Å²) in [6.07, 6.45) is 0. The van der Waals surface area contributed by atoms with E-state index in [1.807, 2.05) is 18.2 Å². The van der Waals surface area contributed by atoms with Gasteiger partial charge in [0.25, 0.3) is 0 Å². The summed E-state index contributed by atoms with van der Waals surface area (Å²) < 4.78 is 10.6. The topological polar surface area (TPSA) is 30.5 Å². The zero-order valence-electron chi connectivity index (χ0n) is 12.2. The fourth-order valence-corrected chi connectivity index (χ4v) is 2.99. The van der Waals surface area contributed by atoms with Crippen molar-refractivity contribution < 1.29 is 9.47 Å². The monoisotopic (exact) mass is 355 g/mol. The summed E-state index contributed by atoms with van der Waals surface area (Å²) in [5.74, 6) is 1.50. The van der Waals surface area contributed by atoms with Crippen molar-refractivity contribution in [3.63, 3.8) is 0 Å². The van der Waals surface area contributed by atoms with E-state index in [0.717, 1.165) is 17.1 Å². The van der Waals surface area contributed by atoms with Gasteiger partial charge < -0.3 is 14.8 Å². The molecule has 2 aromatic rings. The summed E-state index contributed by atoms with van der Waals surface area (Å²) in [6, 6.07) is 10.9. The number of hydrogen-bond donors (Lipinski definition) is 1. The maximum atomic E-state index is 6.16. The third-order valence-corrected chi connectivity index (χ3v) is 4.10.